The maximum absolute atomic E-state index is 15.4. The number of benzene rings is 1. The Balaban J connectivity index is 1.45. The molecule has 0 saturated carbocycles. The number of aliphatic imine (C=N–C) groups is 1. The quantitative estimate of drug-likeness (QED) is 0.359. The molecule has 1 spiro atoms. The smallest absolute Gasteiger partial charge is 0.275 e. The number of hydrogen-bond donors (Lipinski definition) is 2. The van der Waals surface area contributed by atoms with Gasteiger partial charge in [0, 0.05) is 34.3 Å². The molecule has 13 heteroatoms. The zero-order valence-corrected chi connectivity index (χ0v) is 21.1. The number of fused-ring (bicyclic) bond motifs is 4. The number of methoxy groups -OCH3 is 1. The number of carbonyl (C=O) groups excluding carboxylic acids is 1. The second kappa shape index (κ2) is 9.58. The van der Waals surface area contributed by atoms with E-state index in [0.29, 0.717) is 45.5 Å². The third-order valence-corrected chi connectivity index (χ3v) is 7.15. The molecular formula is C26H19F2N7O3S. The summed E-state index contributed by atoms with van der Waals surface area (Å²) in [6.45, 7) is 0. The standard InChI is InChI=1S/C26H19F2N7O3S/c1-37-21-12-31-19(11-32-21)24(36)33-15-2-3-20-16(7-15)26(4-5-39-25(29)35-26)17-8-18(34-23(28)22(17)38-20)13-6-14(27)10-30-9-13/h2-3,6-12H,4-5H2,1H3,(H2,29,35)(H,33,36)/t26-/m0/s1. The van der Waals surface area contributed by atoms with Crippen molar-refractivity contribution in [1.82, 2.24) is 19.9 Å². The molecule has 39 heavy (non-hydrogen) atoms. The van der Waals surface area contributed by atoms with Gasteiger partial charge in [0.2, 0.25) is 5.88 Å². The first kappa shape index (κ1) is 24.7. The third kappa shape index (κ3) is 4.40. The van der Waals surface area contributed by atoms with Crippen LogP contribution in [0.25, 0.3) is 11.3 Å². The minimum absolute atomic E-state index is 0.0858. The average Bonchev–Trinajstić information content (AvgIpc) is 2.94. The zero-order chi connectivity index (χ0) is 27.1. The molecule has 4 aromatic rings. The van der Waals surface area contributed by atoms with E-state index >= 15 is 4.39 Å². The number of nitrogens with one attached hydrogen (secondary N) is 1. The fourth-order valence-corrected chi connectivity index (χ4v) is 5.41. The molecule has 0 aliphatic carbocycles. The average molecular weight is 548 g/mol. The first-order valence-corrected chi connectivity index (χ1v) is 12.6. The lowest BCUT2D eigenvalue weighted by Gasteiger charge is -2.39. The molecule has 2 aliphatic heterocycles. The van der Waals surface area contributed by atoms with Crippen LogP contribution in [-0.4, -0.2) is 43.9 Å². The van der Waals surface area contributed by atoms with Gasteiger partial charge in [-0.05, 0) is 36.8 Å². The van der Waals surface area contributed by atoms with Crippen molar-refractivity contribution >= 4 is 28.5 Å². The number of hydrogen-bond acceptors (Lipinski definition) is 10. The summed E-state index contributed by atoms with van der Waals surface area (Å²) < 4.78 is 40.3. The van der Waals surface area contributed by atoms with Crippen LogP contribution in [-0.2, 0) is 5.54 Å². The molecular weight excluding hydrogens is 528 g/mol. The maximum Gasteiger partial charge on any atom is 0.275 e. The van der Waals surface area contributed by atoms with Crippen LogP contribution in [0.2, 0.25) is 0 Å². The predicted octanol–water partition coefficient (Wildman–Crippen LogP) is 4.27. The Bertz CT molecular complexity index is 1650. The van der Waals surface area contributed by atoms with Gasteiger partial charge < -0.3 is 20.5 Å². The van der Waals surface area contributed by atoms with E-state index in [1.807, 2.05) is 0 Å². The Hall–Kier alpha value is -4.65. The molecule has 0 saturated heterocycles. The molecule has 1 aromatic carbocycles. The Morgan fingerprint density at radius 2 is 2.00 bits per heavy atom. The highest BCUT2D eigenvalue weighted by Crippen LogP contribution is 2.54. The predicted molar refractivity (Wildman–Crippen MR) is 140 cm³/mol. The number of thioether (sulfide) groups is 1. The number of amides is 1. The molecule has 3 aromatic heterocycles. The normalized spacial score (nSPS) is 17.5. The van der Waals surface area contributed by atoms with E-state index < -0.39 is 23.2 Å². The number of ether oxygens (including phenoxy) is 2. The number of carbonyl (C=O) groups is 1. The Morgan fingerprint density at radius 1 is 1.13 bits per heavy atom. The molecule has 0 unspecified atom stereocenters. The van der Waals surface area contributed by atoms with Crippen molar-refractivity contribution in [2.75, 3.05) is 18.2 Å². The number of pyridine rings is 2. The number of anilines is 1. The molecule has 1 amide bonds. The van der Waals surface area contributed by atoms with Gasteiger partial charge >= 0.3 is 0 Å². The minimum atomic E-state index is -1.14. The highest BCUT2D eigenvalue weighted by Gasteiger charge is 2.46. The molecule has 0 fully saturated rings. The molecule has 2 aliphatic rings. The highest BCUT2D eigenvalue weighted by atomic mass is 32.2. The third-order valence-electron chi connectivity index (χ3n) is 6.36. The molecule has 196 valence electrons. The van der Waals surface area contributed by atoms with Crippen molar-refractivity contribution in [3.8, 4) is 28.6 Å². The van der Waals surface area contributed by atoms with Gasteiger partial charge in [0.15, 0.2) is 10.9 Å². The van der Waals surface area contributed by atoms with E-state index in [4.69, 9.17) is 20.2 Å². The fraction of sp³-hybridized carbons (Fsp3) is 0.154. The number of nitrogens with two attached hydrogens (primary N) is 1. The van der Waals surface area contributed by atoms with Crippen molar-refractivity contribution < 1.29 is 23.0 Å². The summed E-state index contributed by atoms with van der Waals surface area (Å²) in [5.74, 6) is -0.833. The number of halogens is 2. The van der Waals surface area contributed by atoms with E-state index in [-0.39, 0.29) is 23.0 Å². The number of rotatable bonds is 4. The zero-order valence-electron chi connectivity index (χ0n) is 20.3. The van der Waals surface area contributed by atoms with Crippen LogP contribution in [0.4, 0.5) is 14.5 Å². The SMILES string of the molecule is COc1cnc(C(=O)Nc2ccc3c(c2)[C@@]2(CCSC(N)=N2)c2cc(-c4cncc(F)c4)nc(F)c2O3)cn1. The summed E-state index contributed by atoms with van der Waals surface area (Å²) in [6.07, 6.45) is 5.54. The second-order valence-corrected chi connectivity index (χ2v) is 9.80. The van der Waals surface area contributed by atoms with Crippen LogP contribution in [0.15, 0.2) is 60.1 Å². The summed E-state index contributed by atoms with van der Waals surface area (Å²) in [7, 11) is 1.45. The topological polar surface area (TPSA) is 138 Å². The van der Waals surface area contributed by atoms with E-state index in [1.165, 1.54) is 43.5 Å². The first-order valence-electron chi connectivity index (χ1n) is 11.7. The summed E-state index contributed by atoms with van der Waals surface area (Å²) in [4.78, 5) is 33.6. The van der Waals surface area contributed by atoms with Crippen LogP contribution >= 0.6 is 11.8 Å². The van der Waals surface area contributed by atoms with Crippen molar-refractivity contribution in [2.45, 2.75) is 12.0 Å². The number of amidine groups is 1. The van der Waals surface area contributed by atoms with E-state index in [1.54, 1.807) is 24.3 Å². The lowest BCUT2D eigenvalue weighted by atomic mass is 9.78. The van der Waals surface area contributed by atoms with Crippen LogP contribution in [0.1, 0.15) is 28.0 Å². The molecule has 5 heterocycles. The van der Waals surface area contributed by atoms with Gasteiger partial charge in [0.05, 0.1) is 31.4 Å². The highest BCUT2D eigenvalue weighted by molar-refractivity contribution is 8.13. The van der Waals surface area contributed by atoms with Crippen molar-refractivity contribution in [1.29, 1.82) is 0 Å². The molecule has 0 radical (unpaired) electrons. The van der Waals surface area contributed by atoms with Crippen molar-refractivity contribution in [3.05, 3.63) is 83.7 Å². The van der Waals surface area contributed by atoms with Gasteiger partial charge in [0.25, 0.3) is 11.9 Å². The lowest BCUT2D eigenvalue weighted by molar-refractivity contribution is 0.102. The van der Waals surface area contributed by atoms with Gasteiger partial charge in [-0.1, -0.05) is 11.8 Å². The van der Waals surface area contributed by atoms with Gasteiger partial charge in [0.1, 0.15) is 22.8 Å². The number of nitrogens with zero attached hydrogens (tertiary/aromatic N) is 5. The minimum Gasteiger partial charge on any atom is -0.480 e. The second-order valence-electron chi connectivity index (χ2n) is 8.69. The van der Waals surface area contributed by atoms with Gasteiger partial charge in [-0.3, -0.25) is 9.78 Å². The van der Waals surface area contributed by atoms with Crippen LogP contribution < -0.4 is 20.5 Å². The largest absolute Gasteiger partial charge is 0.480 e. The van der Waals surface area contributed by atoms with E-state index in [0.717, 1.165) is 6.20 Å². The van der Waals surface area contributed by atoms with Gasteiger partial charge in [-0.2, -0.15) is 4.39 Å². The number of aromatic nitrogens is 4. The van der Waals surface area contributed by atoms with Gasteiger partial charge in [-0.25, -0.2) is 24.3 Å². The fourth-order valence-electron chi connectivity index (χ4n) is 4.58. The molecule has 6 rings (SSSR count). The van der Waals surface area contributed by atoms with Crippen LogP contribution in [0.3, 0.4) is 0 Å². The van der Waals surface area contributed by atoms with E-state index in [9.17, 15) is 9.18 Å². The Labute approximate surface area is 224 Å². The van der Waals surface area contributed by atoms with Crippen LogP contribution in [0.5, 0.6) is 17.4 Å². The van der Waals surface area contributed by atoms with E-state index in [2.05, 4.69) is 25.3 Å². The summed E-state index contributed by atoms with van der Waals surface area (Å²) in [6, 6.07) is 7.78. The molecule has 0 bridgehead atoms. The lowest BCUT2D eigenvalue weighted by Crippen LogP contribution is -2.36. The Kier molecular flexibility index (Phi) is 6.06. The summed E-state index contributed by atoms with van der Waals surface area (Å²) in [5, 5.41) is 3.11. The molecule has 1 atom stereocenters. The summed E-state index contributed by atoms with van der Waals surface area (Å²) >= 11 is 1.38. The van der Waals surface area contributed by atoms with Gasteiger partial charge in [-0.15, -0.1) is 0 Å². The monoisotopic (exact) mass is 547 g/mol. The molecule has 3 N–H and O–H groups in total. The first-order chi connectivity index (χ1) is 18.9. The summed E-state index contributed by atoms with van der Waals surface area (Å²) in [5.41, 5.74) is 6.98. The van der Waals surface area contributed by atoms with Crippen molar-refractivity contribution in [3.63, 3.8) is 0 Å². The Morgan fingerprint density at radius 3 is 2.74 bits per heavy atom. The maximum atomic E-state index is 15.4. The van der Waals surface area contributed by atoms with Crippen LogP contribution in [0, 0.1) is 11.8 Å². The molecule has 10 nitrogen and oxygen atoms in total. The van der Waals surface area contributed by atoms with Crippen molar-refractivity contribution in [2.24, 2.45) is 10.7 Å².